The van der Waals surface area contributed by atoms with E-state index in [0.29, 0.717) is 17.1 Å². The van der Waals surface area contributed by atoms with Gasteiger partial charge in [-0.25, -0.2) is 0 Å². The van der Waals surface area contributed by atoms with Gasteiger partial charge in [0.1, 0.15) is 22.8 Å². The Balaban J connectivity index is 2.28. The van der Waals surface area contributed by atoms with Crippen molar-refractivity contribution in [3.8, 4) is 17.2 Å². The molecule has 0 unspecified atom stereocenters. The van der Waals surface area contributed by atoms with Gasteiger partial charge >= 0.3 is 0 Å². The smallest absolute Gasteiger partial charge is 0.263 e. The van der Waals surface area contributed by atoms with Crippen LogP contribution in [-0.4, -0.2) is 23.2 Å². The maximum atomic E-state index is 12.0. The van der Waals surface area contributed by atoms with E-state index < -0.39 is 5.91 Å². The highest BCUT2D eigenvalue weighted by Gasteiger charge is 2.16. The van der Waals surface area contributed by atoms with Crippen LogP contribution in [0.4, 0.5) is 11.4 Å². The van der Waals surface area contributed by atoms with E-state index in [0.717, 1.165) is 0 Å². The topological polar surface area (TPSA) is 105 Å². The number of hydrogen-bond acceptors (Lipinski definition) is 5. The number of nitrogens with two attached hydrogens (primary N) is 1. The van der Waals surface area contributed by atoms with Crippen molar-refractivity contribution in [3.05, 3.63) is 42.0 Å². The number of nitrogen functional groups attached to an aromatic ring is 1. The molecule has 0 atom stereocenters. The number of aromatic hydroxyl groups is 2. The predicted octanol–water partition coefficient (Wildman–Crippen LogP) is 1.94. The summed E-state index contributed by atoms with van der Waals surface area (Å²) in [7, 11) is 1.46. The minimum absolute atomic E-state index is 0.191. The quantitative estimate of drug-likeness (QED) is 0.640. The van der Waals surface area contributed by atoms with Crippen molar-refractivity contribution < 1.29 is 19.7 Å². The Morgan fingerprint density at radius 1 is 1.20 bits per heavy atom. The van der Waals surface area contributed by atoms with Crippen molar-refractivity contribution in [1.29, 1.82) is 0 Å². The molecule has 0 fully saturated rings. The molecular formula is C14H14N2O4. The molecule has 6 heteroatoms. The number of benzene rings is 2. The van der Waals surface area contributed by atoms with Crippen LogP contribution in [0.3, 0.4) is 0 Å². The van der Waals surface area contributed by atoms with Gasteiger partial charge in [-0.3, -0.25) is 4.79 Å². The molecule has 2 aromatic rings. The summed E-state index contributed by atoms with van der Waals surface area (Å²) < 4.78 is 5.05. The van der Waals surface area contributed by atoms with Crippen molar-refractivity contribution in [3.63, 3.8) is 0 Å². The normalized spacial score (nSPS) is 10.1. The van der Waals surface area contributed by atoms with Crippen LogP contribution in [0.2, 0.25) is 0 Å². The molecule has 0 radical (unpaired) electrons. The van der Waals surface area contributed by atoms with Gasteiger partial charge in [0.2, 0.25) is 0 Å². The Morgan fingerprint density at radius 2 is 1.85 bits per heavy atom. The Bertz CT molecular complexity index is 635. The van der Waals surface area contributed by atoms with E-state index in [1.807, 2.05) is 0 Å². The number of hydrogen-bond donors (Lipinski definition) is 4. The third-order valence-electron chi connectivity index (χ3n) is 2.74. The van der Waals surface area contributed by atoms with Gasteiger partial charge in [-0.2, -0.15) is 0 Å². The van der Waals surface area contributed by atoms with E-state index in [1.54, 1.807) is 18.2 Å². The van der Waals surface area contributed by atoms with Gasteiger partial charge in [-0.1, -0.05) is 6.07 Å². The molecule has 2 rings (SSSR count). The number of rotatable bonds is 3. The van der Waals surface area contributed by atoms with Crippen LogP contribution < -0.4 is 15.8 Å². The third-order valence-corrected chi connectivity index (χ3v) is 2.74. The minimum atomic E-state index is -0.632. The highest BCUT2D eigenvalue weighted by molar-refractivity contribution is 6.08. The van der Waals surface area contributed by atoms with Crippen LogP contribution in [-0.2, 0) is 0 Å². The molecular weight excluding hydrogens is 260 g/mol. The lowest BCUT2D eigenvalue weighted by Crippen LogP contribution is -2.12. The van der Waals surface area contributed by atoms with Gasteiger partial charge in [0.25, 0.3) is 5.91 Å². The second kappa shape index (κ2) is 5.40. The summed E-state index contributed by atoms with van der Waals surface area (Å²) in [5, 5.41) is 21.8. The first-order valence-corrected chi connectivity index (χ1v) is 5.78. The number of ether oxygens (including phenoxy) is 1. The highest BCUT2D eigenvalue weighted by atomic mass is 16.5. The fraction of sp³-hybridized carbons (Fsp3) is 0.0714. The van der Waals surface area contributed by atoms with Crippen molar-refractivity contribution in [1.82, 2.24) is 0 Å². The fourth-order valence-corrected chi connectivity index (χ4v) is 1.74. The molecule has 0 spiro atoms. The summed E-state index contributed by atoms with van der Waals surface area (Å²) in [5.41, 5.74) is 6.36. The molecule has 0 aliphatic rings. The summed E-state index contributed by atoms with van der Waals surface area (Å²) in [6.45, 7) is 0. The van der Waals surface area contributed by atoms with Crippen LogP contribution in [0.15, 0.2) is 36.4 Å². The van der Waals surface area contributed by atoms with Crippen LogP contribution >= 0.6 is 0 Å². The van der Waals surface area contributed by atoms with E-state index in [1.165, 1.54) is 25.3 Å². The number of anilines is 2. The number of phenolic OH excluding ortho intramolecular Hbond substituents is 2. The molecule has 5 N–H and O–H groups in total. The van der Waals surface area contributed by atoms with E-state index >= 15 is 0 Å². The summed E-state index contributed by atoms with van der Waals surface area (Å²) in [4.78, 5) is 12.0. The Morgan fingerprint density at radius 3 is 2.45 bits per heavy atom. The molecule has 2 aromatic carbocycles. The lowest BCUT2D eigenvalue weighted by Gasteiger charge is -2.10. The number of amides is 1. The summed E-state index contributed by atoms with van der Waals surface area (Å²) in [5.74, 6) is -0.813. The third kappa shape index (κ3) is 2.59. The van der Waals surface area contributed by atoms with Crippen molar-refractivity contribution in [2.24, 2.45) is 0 Å². The lowest BCUT2D eigenvalue weighted by atomic mass is 10.1. The van der Waals surface area contributed by atoms with Crippen LogP contribution in [0, 0.1) is 0 Å². The molecule has 0 aliphatic heterocycles. The highest BCUT2D eigenvalue weighted by Crippen LogP contribution is 2.29. The number of methoxy groups -OCH3 is 1. The number of phenols is 2. The summed E-state index contributed by atoms with van der Waals surface area (Å²) >= 11 is 0. The van der Waals surface area contributed by atoms with Gasteiger partial charge in [0.15, 0.2) is 0 Å². The second-order valence-corrected chi connectivity index (χ2v) is 4.08. The first kappa shape index (κ1) is 13.5. The first-order chi connectivity index (χ1) is 9.52. The lowest BCUT2D eigenvalue weighted by molar-refractivity contribution is 0.102. The van der Waals surface area contributed by atoms with E-state index in [2.05, 4.69) is 5.32 Å². The molecule has 104 valence electrons. The monoisotopic (exact) mass is 274 g/mol. The second-order valence-electron chi connectivity index (χ2n) is 4.08. The molecule has 20 heavy (non-hydrogen) atoms. The SMILES string of the molecule is COc1cc(NC(=O)c2c(O)cccc2O)ccc1N. The zero-order valence-electron chi connectivity index (χ0n) is 10.8. The van der Waals surface area contributed by atoms with Gasteiger partial charge in [-0.05, 0) is 24.3 Å². The number of carbonyl (C=O) groups is 1. The maximum Gasteiger partial charge on any atom is 0.263 e. The summed E-state index contributed by atoms with van der Waals surface area (Å²) in [6.07, 6.45) is 0. The molecule has 0 aromatic heterocycles. The molecule has 1 amide bonds. The number of carbonyl (C=O) groups excluding carboxylic acids is 1. The zero-order chi connectivity index (χ0) is 14.7. The van der Waals surface area contributed by atoms with Gasteiger partial charge in [0.05, 0.1) is 12.8 Å². The fourth-order valence-electron chi connectivity index (χ4n) is 1.74. The van der Waals surface area contributed by atoms with E-state index in [-0.39, 0.29) is 17.1 Å². The molecule has 0 aliphatic carbocycles. The zero-order valence-corrected chi connectivity index (χ0v) is 10.8. The van der Waals surface area contributed by atoms with Crippen molar-refractivity contribution in [2.75, 3.05) is 18.2 Å². The minimum Gasteiger partial charge on any atom is -0.507 e. The molecule has 0 heterocycles. The molecule has 0 bridgehead atoms. The first-order valence-electron chi connectivity index (χ1n) is 5.78. The average molecular weight is 274 g/mol. The van der Waals surface area contributed by atoms with Gasteiger partial charge < -0.3 is 26.0 Å². The van der Waals surface area contributed by atoms with Crippen molar-refractivity contribution >= 4 is 17.3 Å². The van der Waals surface area contributed by atoms with Crippen LogP contribution in [0.1, 0.15) is 10.4 Å². The Kier molecular flexibility index (Phi) is 3.65. The van der Waals surface area contributed by atoms with Crippen LogP contribution in [0.25, 0.3) is 0 Å². The van der Waals surface area contributed by atoms with Crippen LogP contribution in [0.5, 0.6) is 17.2 Å². The Hall–Kier alpha value is -2.89. The predicted molar refractivity (Wildman–Crippen MR) is 75.1 cm³/mol. The van der Waals surface area contributed by atoms with E-state index in [9.17, 15) is 15.0 Å². The standard InChI is InChI=1S/C14H14N2O4/c1-20-12-7-8(5-6-9(12)15)16-14(19)13-10(17)3-2-4-11(13)18/h2-7,17-18H,15H2,1H3,(H,16,19). The van der Waals surface area contributed by atoms with Gasteiger partial charge in [-0.15, -0.1) is 0 Å². The summed E-state index contributed by atoms with van der Waals surface area (Å²) in [6, 6.07) is 8.79. The number of nitrogens with one attached hydrogen (secondary N) is 1. The Labute approximate surface area is 115 Å². The van der Waals surface area contributed by atoms with Gasteiger partial charge in [0, 0.05) is 11.8 Å². The maximum absolute atomic E-state index is 12.0. The molecule has 0 saturated carbocycles. The largest absolute Gasteiger partial charge is 0.507 e. The van der Waals surface area contributed by atoms with Crippen molar-refractivity contribution in [2.45, 2.75) is 0 Å². The average Bonchev–Trinajstić information content (AvgIpc) is 2.40. The van der Waals surface area contributed by atoms with E-state index in [4.69, 9.17) is 10.5 Å². The molecule has 6 nitrogen and oxygen atoms in total. The molecule has 0 saturated heterocycles.